The van der Waals surface area contributed by atoms with E-state index in [4.69, 9.17) is 0 Å². The van der Waals surface area contributed by atoms with E-state index < -0.39 is 0 Å². The van der Waals surface area contributed by atoms with E-state index in [-0.39, 0.29) is 0 Å². The molecule has 2 rings (SSSR count). The number of hydrogen-bond acceptors (Lipinski definition) is 2. The number of rotatable bonds is 7. The van der Waals surface area contributed by atoms with E-state index >= 15 is 0 Å². The van der Waals surface area contributed by atoms with Gasteiger partial charge in [-0.15, -0.1) is 0 Å². The van der Waals surface area contributed by atoms with Crippen molar-refractivity contribution in [3.8, 4) is 0 Å². The maximum absolute atomic E-state index is 4.26. The summed E-state index contributed by atoms with van der Waals surface area (Å²) in [6, 6.07) is 0.830. The Morgan fingerprint density at radius 1 is 1.56 bits per heavy atom. The molecule has 1 N–H and O–H groups in total. The van der Waals surface area contributed by atoms with Crippen LogP contribution in [0.5, 0.6) is 0 Å². The molecule has 0 saturated heterocycles. The van der Waals surface area contributed by atoms with Crippen LogP contribution in [0, 0.1) is 0 Å². The largest absolute Gasteiger partial charge is 0.334 e. The van der Waals surface area contributed by atoms with E-state index in [2.05, 4.69) is 28.7 Å². The summed E-state index contributed by atoms with van der Waals surface area (Å²) in [4.78, 5) is 4.26. The minimum absolute atomic E-state index is 0.624. The van der Waals surface area contributed by atoms with E-state index in [9.17, 15) is 0 Å². The standard InChI is InChI=1S/C13H23N3/c1-3-11(2)13-9-14-10-16(13)8-4-7-15-12-5-6-12/h9-12,15H,3-8H2,1-2H3. The summed E-state index contributed by atoms with van der Waals surface area (Å²) in [5.74, 6) is 0.624. The predicted octanol–water partition coefficient (Wildman–Crippen LogP) is 2.54. The third-order valence-electron chi connectivity index (χ3n) is 3.45. The second-order valence-corrected chi connectivity index (χ2v) is 4.90. The van der Waals surface area contributed by atoms with Crippen LogP contribution in [0.1, 0.15) is 51.1 Å². The number of hydrogen-bond donors (Lipinski definition) is 1. The van der Waals surface area contributed by atoms with Crippen LogP contribution in [0.2, 0.25) is 0 Å². The summed E-state index contributed by atoms with van der Waals surface area (Å²) < 4.78 is 2.31. The van der Waals surface area contributed by atoms with E-state index in [0.29, 0.717) is 5.92 Å². The third kappa shape index (κ3) is 3.08. The zero-order valence-electron chi connectivity index (χ0n) is 10.4. The Morgan fingerprint density at radius 2 is 2.38 bits per heavy atom. The van der Waals surface area contributed by atoms with Crippen molar-refractivity contribution in [2.45, 2.75) is 58.0 Å². The first-order chi connectivity index (χ1) is 7.81. The van der Waals surface area contributed by atoms with Crippen LogP contribution in [-0.4, -0.2) is 22.1 Å². The molecular formula is C13H23N3. The van der Waals surface area contributed by atoms with Crippen molar-refractivity contribution in [1.82, 2.24) is 14.9 Å². The van der Waals surface area contributed by atoms with E-state index in [1.165, 1.54) is 31.4 Å². The molecule has 1 fully saturated rings. The van der Waals surface area contributed by atoms with Gasteiger partial charge in [-0.05, 0) is 38.1 Å². The molecule has 0 aromatic carbocycles. The topological polar surface area (TPSA) is 29.9 Å². The zero-order chi connectivity index (χ0) is 11.4. The molecule has 1 aromatic heterocycles. The molecule has 1 atom stereocenters. The lowest BCUT2D eigenvalue weighted by atomic mass is 10.1. The van der Waals surface area contributed by atoms with E-state index in [1.54, 1.807) is 0 Å². The fraction of sp³-hybridized carbons (Fsp3) is 0.769. The molecule has 0 bridgehead atoms. The summed E-state index contributed by atoms with van der Waals surface area (Å²) in [6.45, 7) is 6.74. The van der Waals surface area contributed by atoms with Crippen LogP contribution in [0.4, 0.5) is 0 Å². The van der Waals surface area contributed by atoms with Crippen LogP contribution in [0.25, 0.3) is 0 Å². The van der Waals surface area contributed by atoms with Gasteiger partial charge in [0, 0.05) is 24.5 Å². The first kappa shape index (κ1) is 11.6. The molecule has 0 aliphatic heterocycles. The minimum atomic E-state index is 0.624. The molecule has 0 spiro atoms. The smallest absolute Gasteiger partial charge is 0.0948 e. The van der Waals surface area contributed by atoms with E-state index in [1.807, 2.05) is 12.5 Å². The van der Waals surface area contributed by atoms with Crippen molar-refractivity contribution >= 4 is 0 Å². The molecule has 3 nitrogen and oxygen atoms in total. The maximum Gasteiger partial charge on any atom is 0.0948 e. The van der Waals surface area contributed by atoms with Crippen LogP contribution >= 0.6 is 0 Å². The number of imidazole rings is 1. The van der Waals surface area contributed by atoms with Gasteiger partial charge in [-0.25, -0.2) is 4.98 Å². The molecule has 90 valence electrons. The van der Waals surface area contributed by atoms with Gasteiger partial charge in [0.25, 0.3) is 0 Å². The van der Waals surface area contributed by atoms with Crippen molar-refractivity contribution in [1.29, 1.82) is 0 Å². The first-order valence-corrected chi connectivity index (χ1v) is 6.54. The molecule has 16 heavy (non-hydrogen) atoms. The molecule has 3 heteroatoms. The molecule has 1 aliphatic carbocycles. The van der Waals surface area contributed by atoms with Crippen molar-refractivity contribution < 1.29 is 0 Å². The van der Waals surface area contributed by atoms with Gasteiger partial charge in [-0.2, -0.15) is 0 Å². The van der Waals surface area contributed by atoms with Crippen molar-refractivity contribution in [3.05, 3.63) is 18.2 Å². The van der Waals surface area contributed by atoms with Crippen molar-refractivity contribution in [2.75, 3.05) is 6.54 Å². The molecule has 1 unspecified atom stereocenters. The SMILES string of the molecule is CCC(C)c1cncn1CCCNC1CC1. The highest BCUT2D eigenvalue weighted by atomic mass is 15.1. The number of nitrogens with one attached hydrogen (secondary N) is 1. The van der Waals surface area contributed by atoms with Gasteiger partial charge in [0.05, 0.1) is 6.33 Å². The number of aromatic nitrogens is 2. The molecule has 1 aliphatic rings. The molecule has 0 radical (unpaired) electrons. The second kappa shape index (κ2) is 5.48. The molecule has 0 amide bonds. The summed E-state index contributed by atoms with van der Waals surface area (Å²) in [7, 11) is 0. The average Bonchev–Trinajstić information content (AvgIpc) is 3.01. The Bertz CT molecular complexity index is 315. The Balaban J connectivity index is 1.76. The highest BCUT2D eigenvalue weighted by Crippen LogP contribution is 2.19. The quantitative estimate of drug-likeness (QED) is 0.717. The monoisotopic (exact) mass is 221 g/mol. The van der Waals surface area contributed by atoms with Gasteiger partial charge in [-0.1, -0.05) is 13.8 Å². The number of aryl methyl sites for hydroxylation is 1. The molecule has 1 heterocycles. The molecule has 1 aromatic rings. The fourth-order valence-electron chi connectivity index (χ4n) is 1.98. The van der Waals surface area contributed by atoms with Gasteiger partial charge >= 0.3 is 0 Å². The highest BCUT2D eigenvalue weighted by Gasteiger charge is 2.19. The van der Waals surface area contributed by atoms with Gasteiger partial charge in [0.15, 0.2) is 0 Å². The van der Waals surface area contributed by atoms with Crippen LogP contribution < -0.4 is 5.32 Å². The number of nitrogens with zero attached hydrogens (tertiary/aromatic N) is 2. The van der Waals surface area contributed by atoms with Crippen molar-refractivity contribution in [2.24, 2.45) is 0 Å². The summed E-state index contributed by atoms with van der Waals surface area (Å²) in [5, 5.41) is 3.55. The van der Waals surface area contributed by atoms with Gasteiger partial charge in [-0.3, -0.25) is 0 Å². The van der Waals surface area contributed by atoms with E-state index in [0.717, 1.165) is 19.1 Å². The van der Waals surface area contributed by atoms with Gasteiger partial charge in [0.1, 0.15) is 0 Å². The lowest BCUT2D eigenvalue weighted by Gasteiger charge is -2.12. The minimum Gasteiger partial charge on any atom is -0.334 e. The fourth-order valence-corrected chi connectivity index (χ4v) is 1.98. The average molecular weight is 221 g/mol. The summed E-state index contributed by atoms with van der Waals surface area (Å²) in [5.41, 5.74) is 1.38. The summed E-state index contributed by atoms with van der Waals surface area (Å²) in [6.07, 6.45) is 9.13. The lowest BCUT2D eigenvalue weighted by molar-refractivity contribution is 0.548. The first-order valence-electron chi connectivity index (χ1n) is 6.54. The second-order valence-electron chi connectivity index (χ2n) is 4.90. The van der Waals surface area contributed by atoms with Gasteiger partial charge < -0.3 is 9.88 Å². The van der Waals surface area contributed by atoms with Crippen molar-refractivity contribution in [3.63, 3.8) is 0 Å². The lowest BCUT2D eigenvalue weighted by Crippen LogP contribution is -2.19. The maximum atomic E-state index is 4.26. The van der Waals surface area contributed by atoms with Crippen LogP contribution in [0.15, 0.2) is 12.5 Å². The normalized spacial score (nSPS) is 17.6. The molecule has 1 saturated carbocycles. The zero-order valence-corrected chi connectivity index (χ0v) is 10.4. The summed E-state index contributed by atoms with van der Waals surface area (Å²) >= 11 is 0. The Kier molecular flexibility index (Phi) is 3.99. The Morgan fingerprint density at radius 3 is 3.06 bits per heavy atom. The van der Waals surface area contributed by atoms with Gasteiger partial charge in [0.2, 0.25) is 0 Å². The van der Waals surface area contributed by atoms with Crippen LogP contribution in [-0.2, 0) is 6.54 Å². The Hall–Kier alpha value is -0.830. The third-order valence-corrected chi connectivity index (χ3v) is 3.45. The Labute approximate surface area is 98.3 Å². The highest BCUT2D eigenvalue weighted by molar-refractivity contribution is 5.04. The molecular weight excluding hydrogens is 198 g/mol. The van der Waals surface area contributed by atoms with Crippen LogP contribution in [0.3, 0.4) is 0 Å². The predicted molar refractivity (Wildman–Crippen MR) is 66.6 cm³/mol.